The molecule has 2 aromatic heterocycles. The van der Waals surface area contributed by atoms with Gasteiger partial charge in [-0.2, -0.15) is 0 Å². The molecule has 1 saturated heterocycles. The van der Waals surface area contributed by atoms with E-state index in [0.717, 1.165) is 21.7 Å². The minimum atomic E-state index is -0.736. The number of benzene rings is 1. The minimum Gasteiger partial charge on any atom is -0.391 e. The van der Waals surface area contributed by atoms with E-state index in [9.17, 15) is 14.7 Å². The number of carbonyl (C=O) groups excluding carboxylic acids is 2. The van der Waals surface area contributed by atoms with Crippen molar-refractivity contribution in [1.29, 1.82) is 0 Å². The van der Waals surface area contributed by atoms with Crippen LogP contribution in [0.5, 0.6) is 0 Å². The standard InChI is InChI=1S/C23H26N4O4S/c1-13-8-20(31-26-13)14(2)23(30)27-11-18(28)9-19(27)22(29)24-10-16-4-6-17(7-5-16)21-15(3)25-12-32-21/h4-8,12,14,18-19,28H,9-11H2,1-3H3,(H,24,29)/t14-,18+,19-/m0/s1. The fourth-order valence-corrected chi connectivity index (χ4v) is 4.74. The van der Waals surface area contributed by atoms with Crippen molar-refractivity contribution in [1.82, 2.24) is 20.4 Å². The number of nitrogens with one attached hydrogen (secondary N) is 1. The molecule has 0 aliphatic carbocycles. The average Bonchev–Trinajstić information content (AvgIpc) is 3.51. The van der Waals surface area contributed by atoms with Crippen molar-refractivity contribution in [3.05, 3.63) is 58.6 Å². The molecule has 2 amide bonds. The van der Waals surface area contributed by atoms with Crippen LogP contribution >= 0.6 is 11.3 Å². The summed E-state index contributed by atoms with van der Waals surface area (Å²) in [6.07, 6.45) is -0.524. The second-order valence-electron chi connectivity index (χ2n) is 8.17. The lowest BCUT2D eigenvalue weighted by molar-refractivity contribution is -0.139. The summed E-state index contributed by atoms with van der Waals surface area (Å²) in [6, 6.07) is 8.95. The number of likely N-dealkylation sites (tertiary alicyclic amines) is 1. The first-order valence-electron chi connectivity index (χ1n) is 10.5. The third kappa shape index (κ3) is 4.58. The van der Waals surface area contributed by atoms with E-state index in [1.807, 2.05) is 36.7 Å². The van der Waals surface area contributed by atoms with E-state index in [4.69, 9.17) is 4.52 Å². The number of aliphatic hydroxyl groups excluding tert-OH is 1. The summed E-state index contributed by atoms with van der Waals surface area (Å²) in [5.74, 6) is -0.677. The summed E-state index contributed by atoms with van der Waals surface area (Å²) in [6.45, 7) is 5.94. The SMILES string of the molecule is Cc1cc([C@H](C)C(=O)N2C[C@H](O)C[C@H]2C(=O)NCc2ccc(-c3scnc3C)cc2)on1. The normalized spacial score (nSPS) is 19.2. The molecule has 1 aliphatic heterocycles. The first-order chi connectivity index (χ1) is 15.3. The number of hydrogen-bond donors (Lipinski definition) is 2. The van der Waals surface area contributed by atoms with Gasteiger partial charge in [0.2, 0.25) is 11.8 Å². The zero-order chi connectivity index (χ0) is 22.8. The van der Waals surface area contributed by atoms with E-state index < -0.39 is 18.1 Å². The summed E-state index contributed by atoms with van der Waals surface area (Å²) in [5, 5.41) is 16.9. The number of hydrogen-bond acceptors (Lipinski definition) is 7. The highest BCUT2D eigenvalue weighted by atomic mass is 32.1. The summed E-state index contributed by atoms with van der Waals surface area (Å²) < 4.78 is 5.21. The van der Waals surface area contributed by atoms with Crippen molar-refractivity contribution in [2.75, 3.05) is 6.54 Å². The van der Waals surface area contributed by atoms with Gasteiger partial charge in [-0.3, -0.25) is 9.59 Å². The van der Waals surface area contributed by atoms with Crippen LogP contribution in [0.1, 0.15) is 42.0 Å². The maximum Gasteiger partial charge on any atom is 0.243 e. The smallest absolute Gasteiger partial charge is 0.243 e. The van der Waals surface area contributed by atoms with E-state index in [-0.39, 0.29) is 24.8 Å². The molecule has 9 heteroatoms. The minimum absolute atomic E-state index is 0.122. The number of rotatable bonds is 6. The van der Waals surface area contributed by atoms with Gasteiger partial charge in [0, 0.05) is 25.6 Å². The summed E-state index contributed by atoms with van der Waals surface area (Å²) in [7, 11) is 0. The predicted octanol–water partition coefficient (Wildman–Crippen LogP) is 2.80. The monoisotopic (exact) mass is 454 g/mol. The van der Waals surface area contributed by atoms with E-state index in [0.29, 0.717) is 18.0 Å². The second-order valence-corrected chi connectivity index (χ2v) is 9.02. The Kier molecular flexibility index (Phi) is 6.38. The quantitative estimate of drug-likeness (QED) is 0.593. The number of aryl methyl sites for hydroxylation is 2. The molecule has 3 heterocycles. The Bertz CT molecular complexity index is 1110. The Morgan fingerprint density at radius 1 is 1.31 bits per heavy atom. The van der Waals surface area contributed by atoms with Gasteiger partial charge in [-0.1, -0.05) is 29.4 Å². The molecule has 1 fully saturated rings. The lowest BCUT2D eigenvalue weighted by Gasteiger charge is -2.25. The van der Waals surface area contributed by atoms with Crippen molar-refractivity contribution < 1.29 is 19.2 Å². The van der Waals surface area contributed by atoms with E-state index in [1.54, 1.807) is 31.3 Å². The number of thiazole rings is 1. The molecule has 168 valence electrons. The highest BCUT2D eigenvalue weighted by Gasteiger charge is 2.41. The Hall–Kier alpha value is -3.04. The zero-order valence-electron chi connectivity index (χ0n) is 18.2. The maximum atomic E-state index is 13.0. The van der Waals surface area contributed by atoms with Crippen molar-refractivity contribution >= 4 is 23.2 Å². The van der Waals surface area contributed by atoms with Crippen LogP contribution in [-0.2, 0) is 16.1 Å². The number of amides is 2. The average molecular weight is 455 g/mol. The topological polar surface area (TPSA) is 109 Å². The molecule has 2 N–H and O–H groups in total. The predicted molar refractivity (Wildman–Crippen MR) is 120 cm³/mol. The number of β-amino-alcohol motifs (C(OH)–C–C–N with tert-alkyl or cyclic N) is 1. The van der Waals surface area contributed by atoms with Crippen LogP contribution in [0.15, 0.2) is 40.4 Å². The molecule has 3 aromatic rings. The first-order valence-corrected chi connectivity index (χ1v) is 11.4. The Labute approximate surface area is 190 Å². The van der Waals surface area contributed by atoms with Crippen molar-refractivity contribution in [2.24, 2.45) is 0 Å². The van der Waals surface area contributed by atoms with Gasteiger partial charge in [0.25, 0.3) is 0 Å². The lowest BCUT2D eigenvalue weighted by Crippen LogP contribution is -2.47. The fourth-order valence-electron chi connectivity index (χ4n) is 3.92. The van der Waals surface area contributed by atoms with Crippen molar-refractivity contribution in [3.8, 4) is 10.4 Å². The molecule has 8 nitrogen and oxygen atoms in total. The highest BCUT2D eigenvalue weighted by molar-refractivity contribution is 7.13. The molecule has 0 saturated carbocycles. The molecule has 4 rings (SSSR count). The van der Waals surface area contributed by atoms with E-state index in [2.05, 4.69) is 15.5 Å². The van der Waals surface area contributed by atoms with Crippen LogP contribution in [0.3, 0.4) is 0 Å². The molecule has 1 aromatic carbocycles. The van der Waals surface area contributed by atoms with Gasteiger partial charge >= 0.3 is 0 Å². The van der Waals surface area contributed by atoms with Gasteiger partial charge in [-0.05, 0) is 31.9 Å². The molecule has 0 bridgehead atoms. The summed E-state index contributed by atoms with van der Waals surface area (Å²) in [4.78, 5) is 32.7. The molecule has 0 spiro atoms. The molecule has 3 atom stereocenters. The van der Waals surface area contributed by atoms with Crippen LogP contribution in [0, 0.1) is 13.8 Å². The maximum absolute atomic E-state index is 13.0. The van der Waals surface area contributed by atoms with E-state index >= 15 is 0 Å². The van der Waals surface area contributed by atoms with E-state index in [1.165, 1.54) is 4.90 Å². The van der Waals surface area contributed by atoms with Gasteiger partial charge in [0.1, 0.15) is 11.8 Å². The summed E-state index contributed by atoms with van der Waals surface area (Å²) in [5.41, 5.74) is 5.55. The number of carbonyl (C=O) groups is 2. The second kappa shape index (κ2) is 9.22. The van der Waals surface area contributed by atoms with Crippen LogP contribution in [0.2, 0.25) is 0 Å². The highest BCUT2D eigenvalue weighted by Crippen LogP contribution is 2.28. The Morgan fingerprint density at radius 2 is 2.06 bits per heavy atom. The Balaban J connectivity index is 1.39. The van der Waals surface area contributed by atoms with Crippen LogP contribution in [-0.4, -0.2) is 50.7 Å². The number of aliphatic hydroxyl groups is 1. The molecule has 0 unspecified atom stereocenters. The molecule has 0 radical (unpaired) electrons. The van der Waals surface area contributed by atoms with Gasteiger partial charge in [-0.25, -0.2) is 4.98 Å². The zero-order valence-corrected chi connectivity index (χ0v) is 19.1. The number of nitrogens with zero attached hydrogens (tertiary/aromatic N) is 3. The van der Waals surface area contributed by atoms with Gasteiger partial charge < -0.3 is 19.8 Å². The van der Waals surface area contributed by atoms with Gasteiger partial charge in [0.05, 0.1) is 33.8 Å². The molecular weight excluding hydrogens is 428 g/mol. The third-order valence-corrected chi connectivity index (χ3v) is 6.71. The van der Waals surface area contributed by atoms with Gasteiger partial charge in [-0.15, -0.1) is 11.3 Å². The van der Waals surface area contributed by atoms with Gasteiger partial charge in [0.15, 0.2) is 0 Å². The molecule has 32 heavy (non-hydrogen) atoms. The Morgan fingerprint density at radius 3 is 2.69 bits per heavy atom. The van der Waals surface area contributed by atoms with Crippen LogP contribution < -0.4 is 5.32 Å². The summed E-state index contributed by atoms with van der Waals surface area (Å²) >= 11 is 1.60. The third-order valence-electron chi connectivity index (χ3n) is 5.74. The lowest BCUT2D eigenvalue weighted by atomic mass is 10.1. The number of aromatic nitrogens is 2. The van der Waals surface area contributed by atoms with Crippen LogP contribution in [0.4, 0.5) is 0 Å². The fraction of sp³-hybridized carbons (Fsp3) is 0.391. The van der Waals surface area contributed by atoms with Crippen molar-refractivity contribution in [3.63, 3.8) is 0 Å². The first kappa shape index (κ1) is 22.2. The largest absolute Gasteiger partial charge is 0.391 e. The molecule has 1 aliphatic rings. The van der Waals surface area contributed by atoms with Crippen LogP contribution in [0.25, 0.3) is 10.4 Å². The molecular formula is C23H26N4O4S. The van der Waals surface area contributed by atoms with Crippen molar-refractivity contribution in [2.45, 2.75) is 51.8 Å².